The highest BCUT2D eigenvalue weighted by atomic mass is 127. The largest absolute Gasteiger partial charge is 1.00 e. The third kappa shape index (κ3) is 18.9. The van der Waals surface area contributed by atoms with E-state index in [2.05, 4.69) is 72.0 Å². The van der Waals surface area contributed by atoms with Crippen molar-refractivity contribution in [2.24, 2.45) is 0 Å². The number of aryl methyl sites for hydroxylation is 2. The van der Waals surface area contributed by atoms with Gasteiger partial charge in [0.1, 0.15) is 13.1 Å². The van der Waals surface area contributed by atoms with E-state index in [-0.39, 0.29) is 48.0 Å². The zero-order valence-electron chi connectivity index (χ0n) is 24.8. The minimum absolute atomic E-state index is 0. The highest BCUT2D eigenvalue weighted by Gasteiger charge is 2.06. The smallest absolute Gasteiger partial charge is 0.169 e. The van der Waals surface area contributed by atoms with Gasteiger partial charge in [-0.25, -0.2) is 9.13 Å². The molecule has 2 nitrogen and oxygen atoms in total. The fourth-order valence-electron chi connectivity index (χ4n) is 5.16. The zero-order chi connectivity index (χ0) is 25.5. The van der Waals surface area contributed by atoms with E-state index in [1.807, 2.05) is 0 Å². The summed E-state index contributed by atoms with van der Waals surface area (Å²) in [6.07, 6.45) is 37.0. The van der Waals surface area contributed by atoms with Crippen LogP contribution in [0.1, 0.15) is 142 Å². The maximum Gasteiger partial charge on any atom is 0.169 e. The average Bonchev–Trinajstić information content (AvgIpc) is 2.91. The van der Waals surface area contributed by atoms with E-state index < -0.39 is 0 Å². The molecule has 0 spiro atoms. The number of nitrogens with zero attached hydrogens (tertiary/aromatic N) is 2. The van der Waals surface area contributed by atoms with E-state index in [0.29, 0.717) is 0 Å². The third-order valence-electron chi connectivity index (χ3n) is 7.66. The van der Waals surface area contributed by atoms with E-state index in [0.717, 1.165) is 13.1 Å². The molecule has 0 aliphatic rings. The van der Waals surface area contributed by atoms with E-state index in [4.69, 9.17) is 0 Å². The van der Waals surface area contributed by atoms with Gasteiger partial charge in [-0.2, -0.15) is 0 Å². The second-order valence-corrected chi connectivity index (χ2v) is 11.0. The van der Waals surface area contributed by atoms with Gasteiger partial charge in [0, 0.05) is 37.1 Å². The van der Waals surface area contributed by atoms with Gasteiger partial charge in [-0.05, 0) is 24.0 Å². The maximum atomic E-state index is 2.35. The van der Waals surface area contributed by atoms with Crippen LogP contribution in [-0.2, 0) is 13.1 Å². The van der Waals surface area contributed by atoms with Crippen LogP contribution in [0, 0.1) is 0 Å². The molecule has 0 bridgehead atoms. The van der Waals surface area contributed by atoms with Crippen LogP contribution in [0.4, 0.5) is 0 Å². The van der Waals surface area contributed by atoms with Gasteiger partial charge in [0.25, 0.3) is 0 Å². The molecule has 0 fully saturated rings. The molecule has 218 valence electrons. The highest BCUT2D eigenvalue weighted by Crippen LogP contribution is 2.16. The van der Waals surface area contributed by atoms with Crippen LogP contribution < -0.4 is 57.1 Å². The molecule has 0 aromatic carbocycles. The lowest BCUT2D eigenvalue weighted by atomic mass is 10.1. The van der Waals surface area contributed by atoms with Crippen molar-refractivity contribution >= 4 is 0 Å². The maximum absolute atomic E-state index is 2.35. The molecule has 0 amide bonds. The molecule has 0 aliphatic heterocycles. The summed E-state index contributed by atoms with van der Waals surface area (Å²) in [6.45, 7) is 6.87. The number of unbranched alkanes of at least 4 members (excludes halogenated alkanes) is 18. The van der Waals surface area contributed by atoms with Crippen molar-refractivity contribution in [3.8, 4) is 11.1 Å². The molecule has 0 aliphatic carbocycles. The third-order valence-corrected chi connectivity index (χ3v) is 7.66. The summed E-state index contributed by atoms with van der Waals surface area (Å²) in [5, 5.41) is 0. The van der Waals surface area contributed by atoms with Crippen molar-refractivity contribution < 1.29 is 57.1 Å². The molecule has 4 heteroatoms. The Labute approximate surface area is 270 Å². The quantitative estimate of drug-likeness (QED) is 0.0930. The first-order chi connectivity index (χ1) is 17.8. The Bertz CT molecular complexity index is 681. The molecular formula is C34H58I2N2. The SMILES string of the molecule is CCCCCCCCCCCC[n+]1ccc(-c2cc[n+](CCCCCCCCCCCC)cc2)cc1.[I-].[I-]. The number of pyridine rings is 2. The lowest BCUT2D eigenvalue weighted by Crippen LogP contribution is -3.00. The van der Waals surface area contributed by atoms with Crippen LogP contribution in [0.2, 0.25) is 0 Å². The number of hydrogen-bond donors (Lipinski definition) is 0. The van der Waals surface area contributed by atoms with Crippen LogP contribution in [0.15, 0.2) is 49.1 Å². The Morgan fingerprint density at radius 3 is 0.868 bits per heavy atom. The molecule has 0 atom stereocenters. The first-order valence-electron chi connectivity index (χ1n) is 15.8. The summed E-state index contributed by atoms with van der Waals surface area (Å²) < 4.78 is 4.70. The lowest BCUT2D eigenvalue weighted by molar-refractivity contribution is -0.697. The Kier molecular flexibility index (Phi) is 26.8. The summed E-state index contributed by atoms with van der Waals surface area (Å²) >= 11 is 0. The Hall–Kier alpha value is -0.240. The Balaban J connectivity index is 0.00000684. The van der Waals surface area contributed by atoms with Gasteiger partial charge >= 0.3 is 0 Å². The van der Waals surface area contributed by atoms with E-state index in [9.17, 15) is 0 Å². The Morgan fingerprint density at radius 1 is 0.368 bits per heavy atom. The van der Waals surface area contributed by atoms with Crippen LogP contribution in [0.25, 0.3) is 11.1 Å². The number of hydrogen-bond acceptors (Lipinski definition) is 0. The molecule has 2 aromatic heterocycles. The first-order valence-corrected chi connectivity index (χ1v) is 15.8. The predicted octanol–water partition coefficient (Wildman–Crippen LogP) is 3.78. The van der Waals surface area contributed by atoms with Gasteiger partial charge in [-0.15, -0.1) is 0 Å². The van der Waals surface area contributed by atoms with Gasteiger partial charge in [0.15, 0.2) is 24.8 Å². The summed E-state index contributed by atoms with van der Waals surface area (Å²) in [6, 6.07) is 9.10. The topological polar surface area (TPSA) is 7.76 Å². The molecular weight excluding hydrogens is 690 g/mol. The second kappa shape index (κ2) is 27.0. The Morgan fingerprint density at radius 2 is 0.605 bits per heavy atom. The molecule has 0 saturated heterocycles. The molecule has 2 heterocycles. The second-order valence-electron chi connectivity index (χ2n) is 11.0. The summed E-state index contributed by atoms with van der Waals surface area (Å²) in [5.41, 5.74) is 2.64. The van der Waals surface area contributed by atoms with E-state index >= 15 is 0 Å². The minimum Gasteiger partial charge on any atom is -1.00 e. The van der Waals surface area contributed by atoms with Crippen molar-refractivity contribution in [2.45, 2.75) is 155 Å². The van der Waals surface area contributed by atoms with Crippen molar-refractivity contribution in [2.75, 3.05) is 0 Å². The number of halogens is 2. The van der Waals surface area contributed by atoms with Crippen LogP contribution in [-0.4, -0.2) is 0 Å². The summed E-state index contributed by atoms with van der Waals surface area (Å²) in [5.74, 6) is 0. The van der Waals surface area contributed by atoms with E-state index in [1.54, 1.807) is 0 Å². The van der Waals surface area contributed by atoms with Crippen molar-refractivity contribution in [3.05, 3.63) is 49.1 Å². The van der Waals surface area contributed by atoms with Gasteiger partial charge in [0.05, 0.1) is 0 Å². The van der Waals surface area contributed by atoms with Crippen molar-refractivity contribution in [1.82, 2.24) is 0 Å². The fraction of sp³-hybridized carbons (Fsp3) is 0.706. The molecule has 2 rings (SSSR count). The van der Waals surface area contributed by atoms with Crippen LogP contribution in [0.3, 0.4) is 0 Å². The molecule has 2 aromatic rings. The molecule has 0 N–H and O–H groups in total. The molecule has 0 radical (unpaired) electrons. The van der Waals surface area contributed by atoms with Crippen molar-refractivity contribution in [1.29, 1.82) is 0 Å². The normalized spacial score (nSPS) is 10.7. The van der Waals surface area contributed by atoms with Gasteiger partial charge in [0.2, 0.25) is 0 Å². The van der Waals surface area contributed by atoms with Gasteiger partial charge in [-0.1, -0.05) is 117 Å². The minimum atomic E-state index is 0. The summed E-state index contributed by atoms with van der Waals surface area (Å²) in [7, 11) is 0. The van der Waals surface area contributed by atoms with Crippen LogP contribution >= 0.6 is 0 Å². The lowest BCUT2D eigenvalue weighted by Gasteiger charge is -2.03. The molecule has 0 unspecified atom stereocenters. The van der Waals surface area contributed by atoms with Crippen LogP contribution in [0.5, 0.6) is 0 Å². The first kappa shape index (κ1) is 37.8. The summed E-state index contributed by atoms with van der Waals surface area (Å²) in [4.78, 5) is 0. The predicted molar refractivity (Wildman–Crippen MR) is 156 cm³/mol. The standard InChI is InChI=1S/C34H58N2.2HI/c1-3-5-7-9-11-13-15-17-19-21-27-35-29-23-33(24-30-35)34-25-31-36(32-26-34)28-22-20-18-16-14-12-10-8-6-4-2;;/h23-26,29-32H,3-22,27-28H2,1-2H3;2*1H/q+2;;/p-2. The van der Waals surface area contributed by atoms with E-state index in [1.165, 1.54) is 140 Å². The van der Waals surface area contributed by atoms with Gasteiger partial charge in [-0.3, -0.25) is 0 Å². The highest BCUT2D eigenvalue weighted by molar-refractivity contribution is 5.60. The van der Waals surface area contributed by atoms with Gasteiger partial charge < -0.3 is 48.0 Å². The molecule has 38 heavy (non-hydrogen) atoms. The number of aromatic nitrogens is 2. The van der Waals surface area contributed by atoms with Crippen molar-refractivity contribution in [3.63, 3.8) is 0 Å². The zero-order valence-corrected chi connectivity index (χ0v) is 29.1. The average molecular weight is 749 g/mol. The molecule has 0 saturated carbocycles. The monoisotopic (exact) mass is 748 g/mol. The fourth-order valence-corrected chi connectivity index (χ4v) is 5.16. The number of rotatable bonds is 23.